The molecule has 22 heavy (non-hydrogen) atoms. The second kappa shape index (κ2) is 7.05. The van der Waals surface area contributed by atoms with Crippen LogP contribution >= 0.6 is 11.8 Å². The lowest BCUT2D eigenvalue weighted by Crippen LogP contribution is -2.49. The maximum Gasteiger partial charge on any atom is 0.252 e. The molecule has 122 valence electrons. The van der Waals surface area contributed by atoms with Gasteiger partial charge in [-0.1, -0.05) is 45.0 Å². The van der Waals surface area contributed by atoms with Gasteiger partial charge in [0.15, 0.2) is 0 Å². The van der Waals surface area contributed by atoms with Crippen molar-refractivity contribution in [3.05, 3.63) is 35.4 Å². The summed E-state index contributed by atoms with van der Waals surface area (Å²) >= 11 is 1.80. The largest absolute Gasteiger partial charge is 0.380 e. The Hall–Kier alpha value is -1.00. The fourth-order valence-electron chi connectivity index (χ4n) is 2.59. The van der Waals surface area contributed by atoms with Crippen molar-refractivity contribution < 1.29 is 9.90 Å². The van der Waals surface area contributed by atoms with Gasteiger partial charge in [-0.3, -0.25) is 4.79 Å². The van der Waals surface area contributed by atoms with Crippen LogP contribution in [0.5, 0.6) is 0 Å². The first-order valence-corrected chi connectivity index (χ1v) is 9.15. The number of hydrogen-bond acceptors (Lipinski definition) is 3. The van der Waals surface area contributed by atoms with Crippen LogP contribution in [0.3, 0.4) is 0 Å². The van der Waals surface area contributed by atoms with Gasteiger partial charge in [0.1, 0.15) is 5.60 Å². The molecule has 2 rings (SSSR count). The van der Waals surface area contributed by atoms with Crippen LogP contribution in [0.25, 0.3) is 0 Å². The fraction of sp³-hybridized carbons (Fsp3) is 0.611. The Morgan fingerprint density at radius 2 is 1.82 bits per heavy atom. The van der Waals surface area contributed by atoms with Crippen molar-refractivity contribution in [1.29, 1.82) is 0 Å². The molecule has 2 N–H and O–H groups in total. The van der Waals surface area contributed by atoms with Crippen molar-refractivity contribution in [2.24, 2.45) is 0 Å². The summed E-state index contributed by atoms with van der Waals surface area (Å²) in [5.41, 5.74) is 1.53. The molecule has 0 aromatic heterocycles. The van der Waals surface area contributed by atoms with Crippen LogP contribution in [-0.4, -0.2) is 34.7 Å². The lowest BCUT2D eigenvalue weighted by atomic mass is 9.86. The average molecular weight is 321 g/mol. The van der Waals surface area contributed by atoms with Crippen LogP contribution in [0.1, 0.15) is 44.7 Å². The zero-order valence-corrected chi connectivity index (χ0v) is 14.6. The summed E-state index contributed by atoms with van der Waals surface area (Å²) in [7, 11) is 0. The fourth-order valence-corrected chi connectivity index (χ4v) is 3.76. The van der Waals surface area contributed by atoms with Crippen LogP contribution in [-0.2, 0) is 16.6 Å². The number of hydrogen-bond donors (Lipinski definition) is 2. The van der Waals surface area contributed by atoms with E-state index in [-0.39, 0.29) is 11.3 Å². The third-order valence-corrected chi connectivity index (χ3v) is 5.25. The van der Waals surface area contributed by atoms with Gasteiger partial charge in [0.2, 0.25) is 0 Å². The van der Waals surface area contributed by atoms with Gasteiger partial charge in [-0.2, -0.15) is 11.8 Å². The van der Waals surface area contributed by atoms with Gasteiger partial charge in [-0.05, 0) is 47.3 Å². The Bertz CT molecular complexity index is 499. The molecule has 1 fully saturated rings. The molecule has 1 aliphatic heterocycles. The lowest BCUT2D eigenvalue weighted by Gasteiger charge is -2.30. The lowest BCUT2D eigenvalue weighted by molar-refractivity contribution is -0.140. The third-order valence-electron chi connectivity index (χ3n) is 4.26. The summed E-state index contributed by atoms with van der Waals surface area (Å²) < 4.78 is 0. The first-order valence-electron chi connectivity index (χ1n) is 7.99. The van der Waals surface area contributed by atoms with E-state index in [9.17, 15) is 9.90 Å². The summed E-state index contributed by atoms with van der Waals surface area (Å²) in [4.78, 5) is 12.1. The van der Waals surface area contributed by atoms with Crippen molar-refractivity contribution >= 4 is 17.7 Å². The Kier molecular flexibility index (Phi) is 5.56. The Morgan fingerprint density at radius 3 is 2.36 bits per heavy atom. The first kappa shape index (κ1) is 17.4. The monoisotopic (exact) mass is 321 g/mol. The predicted molar refractivity (Wildman–Crippen MR) is 93.4 cm³/mol. The summed E-state index contributed by atoms with van der Waals surface area (Å²) in [5.74, 6) is 1.51. The van der Waals surface area contributed by atoms with Crippen molar-refractivity contribution in [2.75, 3.05) is 18.1 Å². The maximum absolute atomic E-state index is 12.1. The number of carbonyl (C=O) groups is 1. The van der Waals surface area contributed by atoms with Gasteiger partial charge < -0.3 is 10.4 Å². The zero-order valence-electron chi connectivity index (χ0n) is 13.8. The van der Waals surface area contributed by atoms with E-state index in [0.717, 1.165) is 17.9 Å². The topological polar surface area (TPSA) is 49.3 Å². The van der Waals surface area contributed by atoms with E-state index in [0.29, 0.717) is 19.4 Å². The molecule has 0 spiro atoms. The Balaban J connectivity index is 1.82. The summed E-state index contributed by atoms with van der Waals surface area (Å²) in [6.45, 7) is 7.17. The number of benzene rings is 1. The Labute approximate surface area is 137 Å². The quantitative estimate of drug-likeness (QED) is 0.896. The van der Waals surface area contributed by atoms with E-state index in [1.54, 1.807) is 11.8 Å². The zero-order chi connectivity index (χ0) is 16.2. The van der Waals surface area contributed by atoms with Gasteiger partial charge >= 0.3 is 0 Å². The van der Waals surface area contributed by atoms with Crippen LogP contribution in [0.4, 0.5) is 0 Å². The highest BCUT2D eigenvalue weighted by atomic mass is 32.2. The number of nitrogens with one attached hydrogen (secondary N) is 1. The highest BCUT2D eigenvalue weighted by molar-refractivity contribution is 7.99. The minimum atomic E-state index is -1.15. The molecule has 3 nitrogen and oxygen atoms in total. The molecule has 1 amide bonds. The van der Waals surface area contributed by atoms with E-state index in [1.807, 2.05) is 0 Å². The highest BCUT2D eigenvalue weighted by Gasteiger charge is 2.36. The molecule has 1 aliphatic rings. The molecule has 0 bridgehead atoms. The minimum absolute atomic E-state index is 0.162. The van der Waals surface area contributed by atoms with E-state index >= 15 is 0 Å². The van der Waals surface area contributed by atoms with Crippen LogP contribution in [0, 0.1) is 0 Å². The molecule has 0 radical (unpaired) electrons. The molecular weight excluding hydrogens is 294 g/mol. The third kappa shape index (κ3) is 4.50. The average Bonchev–Trinajstić information content (AvgIpc) is 2.47. The molecule has 0 atom stereocenters. The van der Waals surface area contributed by atoms with Crippen LogP contribution in [0.2, 0.25) is 0 Å². The molecular formula is C18H27NO2S. The smallest absolute Gasteiger partial charge is 0.252 e. The predicted octanol–water partition coefficient (Wildman–Crippen LogP) is 2.90. The number of thioether (sulfide) groups is 1. The van der Waals surface area contributed by atoms with Gasteiger partial charge in [0, 0.05) is 6.54 Å². The second-order valence-corrected chi connectivity index (χ2v) is 8.32. The van der Waals surface area contributed by atoms with Gasteiger partial charge in [0.25, 0.3) is 5.91 Å². The number of carbonyl (C=O) groups excluding carboxylic acids is 1. The van der Waals surface area contributed by atoms with Crippen molar-refractivity contribution in [3.8, 4) is 0 Å². The van der Waals surface area contributed by atoms with Gasteiger partial charge in [-0.25, -0.2) is 0 Å². The molecule has 0 saturated carbocycles. The molecule has 0 aliphatic carbocycles. The van der Waals surface area contributed by atoms with E-state index in [2.05, 4.69) is 50.4 Å². The molecule has 1 aromatic carbocycles. The Morgan fingerprint density at radius 1 is 1.23 bits per heavy atom. The van der Waals surface area contributed by atoms with Gasteiger partial charge in [-0.15, -0.1) is 0 Å². The number of aliphatic hydroxyl groups is 1. The molecule has 0 unspecified atom stereocenters. The normalized spacial score (nSPS) is 18.0. The van der Waals surface area contributed by atoms with E-state index in [1.165, 1.54) is 11.1 Å². The van der Waals surface area contributed by atoms with Crippen molar-refractivity contribution in [1.82, 2.24) is 5.32 Å². The van der Waals surface area contributed by atoms with Crippen LogP contribution in [0.15, 0.2) is 24.3 Å². The number of amides is 1. The van der Waals surface area contributed by atoms with Crippen molar-refractivity contribution in [3.63, 3.8) is 0 Å². The number of rotatable bonds is 4. The van der Waals surface area contributed by atoms with Crippen molar-refractivity contribution in [2.45, 2.75) is 51.0 Å². The minimum Gasteiger partial charge on any atom is -0.380 e. The summed E-state index contributed by atoms with van der Waals surface area (Å²) in [6, 6.07) is 8.56. The van der Waals surface area contributed by atoms with Crippen LogP contribution < -0.4 is 5.32 Å². The maximum atomic E-state index is 12.1. The van der Waals surface area contributed by atoms with E-state index < -0.39 is 5.60 Å². The molecule has 1 heterocycles. The van der Waals surface area contributed by atoms with Gasteiger partial charge in [0.05, 0.1) is 0 Å². The summed E-state index contributed by atoms with van der Waals surface area (Å²) in [5, 5.41) is 13.2. The summed E-state index contributed by atoms with van der Waals surface area (Å²) in [6.07, 6.45) is 1.91. The first-order chi connectivity index (χ1) is 10.3. The standard InChI is InChI=1S/C18H27NO2S/c1-17(2,3)15-6-4-14(5-7-15)8-11-19-16(20)18(21)9-12-22-13-10-18/h4-7,21H,8-13H2,1-3H3,(H,19,20). The molecule has 4 heteroatoms. The molecule has 1 saturated heterocycles. The van der Waals surface area contributed by atoms with E-state index in [4.69, 9.17) is 0 Å². The second-order valence-electron chi connectivity index (χ2n) is 7.10. The SMILES string of the molecule is CC(C)(C)c1ccc(CCNC(=O)C2(O)CCSCC2)cc1. The highest BCUT2D eigenvalue weighted by Crippen LogP contribution is 2.27. The molecule has 1 aromatic rings.